The Morgan fingerprint density at radius 3 is 2.59 bits per heavy atom. The van der Waals surface area contributed by atoms with E-state index in [4.69, 9.17) is 5.73 Å². The molecule has 0 aromatic heterocycles. The molecule has 1 unspecified atom stereocenters. The van der Waals surface area contributed by atoms with Crippen molar-refractivity contribution in [1.82, 2.24) is 0 Å². The van der Waals surface area contributed by atoms with Crippen molar-refractivity contribution in [2.24, 2.45) is 5.73 Å². The molecule has 0 saturated carbocycles. The molecule has 1 aromatic carbocycles. The molecule has 0 spiro atoms. The fourth-order valence-electron chi connectivity index (χ4n) is 2.70. The van der Waals surface area contributed by atoms with E-state index in [-0.39, 0.29) is 18.5 Å². The zero-order valence-corrected chi connectivity index (χ0v) is 13.6. The van der Waals surface area contributed by atoms with Gasteiger partial charge in [0.1, 0.15) is 5.41 Å². The lowest BCUT2D eigenvalue weighted by Gasteiger charge is -2.31. The van der Waals surface area contributed by atoms with Crippen molar-refractivity contribution in [3.8, 4) is 0 Å². The van der Waals surface area contributed by atoms with Gasteiger partial charge in [0.25, 0.3) is 0 Å². The van der Waals surface area contributed by atoms with Gasteiger partial charge in [0.15, 0.2) is 0 Å². The molecular formula is C16H16BrNO4. The Balaban J connectivity index is 2.63. The maximum Gasteiger partial charge on any atom is 0.331 e. The number of aliphatic carboxylic acids is 2. The fourth-order valence-corrected chi connectivity index (χ4v) is 3.11. The molecule has 5 nitrogen and oxygen atoms in total. The number of rotatable bonds is 4. The SMILES string of the molecule is CC1=CC(C(=O)O)(c2ccc(Br)c(CN)c2)CC(C(=O)O)=C1. The van der Waals surface area contributed by atoms with Gasteiger partial charge in [-0.1, -0.05) is 39.7 Å². The number of carbonyl (C=O) groups is 2. The van der Waals surface area contributed by atoms with Crippen LogP contribution in [0.2, 0.25) is 0 Å². The van der Waals surface area contributed by atoms with Crippen LogP contribution in [0.1, 0.15) is 24.5 Å². The van der Waals surface area contributed by atoms with Crippen LogP contribution in [0.25, 0.3) is 0 Å². The number of benzene rings is 1. The molecule has 0 bridgehead atoms. The Morgan fingerprint density at radius 1 is 1.36 bits per heavy atom. The Morgan fingerprint density at radius 2 is 2.05 bits per heavy atom. The quantitative estimate of drug-likeness (QED) is 0.761. The van der Waals surface area contributed by atoms with Gasteiger partial charge < -0.3 is 15.9 Å². The highest BCUT2D eigenvalue weighted by molar-refractivity contribution is 9.10. The van der Waals surface area contributed by atoms with E-state index in [2.05, 4.69) is 15.9 Å². The van der Waals surface area contributed by atoms with E-state index in [1.54, 1.807) is 31.2 Å². The molecule has 22 heavy (non-hydrogen) atoms. The van der Waals surface area contributed by atoms with Gasteiger partial charge in [-0.25, -0.2) is 4.79 Å². The van der Waals surface area contributed by atoms with Crippen molar-refractivity contribution in [2.45, 2.75) is 25.3 Å². The van der Waals surface area contributed by atoms with Gasteiger partial charge in [0, 0.05) is 23.0 Å². The lowest BCUT2D eigenvalue weighted by atomic mass is 9.71. The molecule has 0 radical (unpaired) electrons. The number of carboxylic acids is 2. The highest BCUT2D eigenvalue weighted by Gasteiger charge is 2.42. The van der Waals surface area contributed by atoms with Crippen molar-refractivity contribution < 1.29 is 19.8 Å². The van der Waals surface area contributed by atoms with Crippen LogP contribution in [0.5, 0.6) is 0 Å². The smallest absolute Gasteiger partial charge is 0.331 e. The Bertz CT molecular complexity index is 708. The Labute approximate surface area is 136 Å². The molecule has 6 heteroatoms. The minimum absolute atomic E-state index is 0.0830. The summed E-state index contributed by atoms with van der Waals surface area (Å²) < 4.78 is 0.796. The van der Waals surface area contributed by atoms with Crippen molar-refractivity contribution in [3.63, 3.8) is 0 Å². The normalized spacial score (nSPS) is 21.0. The molecule has 1 aliphatic carbocycles. The van der Waals surface area contributed by atoms with Crippen LogP contribution in [0.15, 0.2) is 46.0 Å². The first-order valence-electron chi connectivity index (χ1n) is 6.66. The third kappa shape index (κ3) is 2.84. The van der Waals surface area contributed by atoms with Gasteiger partial charge in [-0.2, -0.15) is 0 Å². The number of allylic oxidation sites excluding steroid dienone is 2. The molecule has 1 atom stereocenters. The van der Waals surface area contributed by atoms with Crippen LogP contribution in [0.4, 0.5) is 0 Å². The van der Waals surface area contributed by atoms with Gasteiger partial charge in [0.2, 0.25) is 0 Å². The van der Waals surface area contributed by atoms with Crippen LogP contribution in [0, 0.1) is 0 Å². The monoisotopic (exact) mass is 365 g/mol. The van der Waals surface area contributed by atoms with Crippen molar-refractivity contribution in [1.29, 1.82) is 0 Å². The van der Waals surface area contributed by atoms with Crippen LogP contribution in [-0.4, -0.2) is 22.2 Å². The van der Waals surface area contributed by atoms with Crippen molar-refractivity contribution in [3.05, 3.63) is 57.1 Å². The van der Waals surface area contributed by atoms with Crippen LogP contribution < -0.4 is 5.73 Å². The summed E-state index contributed by atoms with van der Waals surface area (Å²) in [6.45, 7) is 1.96. The summed E-state index contributed by atoms with van der Waals surface area (Å²) >= 11 is 3.37. The zero-order valence-electron chi connectivity index (χ0n) is 12.0. The number of halogens is 1. The molecule has 1 aliphatic rings. The molecule has 0 amide bonds. The van der Waals surface area contributed by atoms with Crippen LogP contribution >= 0.6 is 15.9 Å². The third-order valence-corrected chi connectivity index (χ3v) is 4.56. The first kappa shape index (κ1) is 16.5. The second-order valence-corrected chi connectivity index (χ2v) is 6.18. The summed E-state index contributed by atoms with van der Waals surface area (Å²) in [5.41, 5.74) is 6.27. The van der Waals surface area contributed by atoms with E-state index in [1.165, 1.54) is 6.08 Å². The maximum absolute atomic E-state index is 12.0. The first-order chi connectivity index (χ1) is 10.3. The van der Waals surface area contributed by atoms with Crippen molar-refractivity contribution >= 4 is 27.9 Å². The van der Waals surface area contributed by atoms with E-state index >= 15 is 0 Å². The zero-order chi connectivity index (χ0) is 16.5. The summed E-state index contributed by atoms with van der Waals surface area (Å²) in [6, 6.07) is 5.14. The van der Waals surface area contributed by atoms with E-state index in [0.717, 1.165) is 10.0 Å². The number of hydrogen-bond donors (Lipinski definition) is 3. The van der Waals surface area contributed by atoms with Gasteiger partial charge in [-0.05, 0) is 30.2 Å². The summed E-state index contributed by atoms with van der Waals surface area (Å²) in [6.07, 6.45) is 3.01. The molecular weight excluding hydrogens is 350 g/mol. The largest absolute Gasteiger partial charge is 0.480 e. The Hall–Kier alpha value is -1.92. The highest BCUT2D eigenvalue weighted by Crippen LogP contribution is 2.39. The third-order valence-electron chi connectivity index (χ3n) is 3.78. The molecule has 0 heterocycles. The molecule has 116 valence electrons. The van der Waals surface area contributed by atoms with Crippen LogP contribution in [-0.2, 0) is 21.5 Å². The number of nitrogens with two attached hydrogens (primary N) is 1. The average molecular weight is 366 g/mol. The molecule has 0 aliphatic heterocycles. The predicted molar refractivity (Wildman–Crippen MR) is 85.4 cm³/mol. The predicted octanol–water partition coefficient (Wildman–Crippen LogP) is 2.59. The Kier molecular flexibility index (Phi) is 4.53. The second kappa shape index (κ2) is 6.06. The maximum atomic E-state index is 12.0. The molecule has 0 fully saturated rings. The minimum Gasteiger partial charge on any atom is -0.480 e. The molecule has 1 aromatic rings. The lowest BCUT2D eigenvalue weighted by Crippen LogP contribution is -2.37. The fraction of sp³-hybridized carbons (Fsp3) is 0.250. The van der Waals surface area contributed by atoms with Crippen LogP contribution in [0.3, 0.4) is 0 Å². The van der Waals surface area contributed by atoms with Gasteiger partial charge in [-0.15, -0.1) is 0 Å². The summed E-state index contributed by atoms with van der Waals surface area (Å²) in [5, 5.41) is 19.0. The van der Waals surface area contributed by atoms with E-state index < -0.39 is 17.4 Å². The van der Waals surface area contributed by atoms with E-state index in [1.807, 2.05) is 0 Å². The highest BCUT2D eigenvalue weighted by atomic mass is 79.9. The summed E-state index contributed by atoms with van der Waals surface area (Å²) in [5.74, 6) is -2.18. The molecule has 0 saturated heterocycles. The van der Waals surface area contributed by atoms with E-state index in [0.29, 0.717) is 11.1 Å². The van der Waals surface area contributed by atoms with Crippen molar-refractivity contribution in [2.75, 3.05) is 0 Å². The lowest BCUT2D eigenvalue weighted by molar-refractivity contribution is -0.142. The molecule has 2 rings (SSSR count). The van der Waals surface area contributed by atoms with Gasteiger partial charge in [0.05, 0.1) is 0 Å². The van der Waals surface area contributed by atoms with Gasteiger partial charge in [-0.3, -0.25) is 4.79 Å². The topological polar surface area (TPSA) is 101 Å². The minimum atomic E-state index is -1.39. The second-order valence-electron chi connectivity index (χ2n) is 5.33. The number of hydrogen-bond acceptors (Lipinski definition) is 3. The molecule has 4 N–H and O–H groups in total. The summed E-state index contributed by atoms with van der Waals surface area (Å²) in [4.78, 5) is 23.3. The van der Waals surface area contributed by atoms with E-state index in [9.17, 15) is 19.8 Å². The average Bonchev–Trinajstić information content (AvgIpc) is 2.46. The number of carboxylic acid groups (broad SMARTS) is 2. The summed E-state index contributed by atoms with van der Waals surface area (Å²) in [7, 11) is 0. The first-order valence-corrected chi connectivity index (χ1v) is 7.45. The standard InChI is InChI=1S/C16H16BrNO4/c1-9-4-10(14(19)20)7-16(6-9,15(21)22)12-2-3-13(17)11(5-12)8-18/h2-6H,7-8,18H2,1H3,(H,19,20)(H,21,22). The van der Waals surface area contributed by atoms with Gasteiger partial charge >= 0.3 is 11.9 Å².